The van der Waals surface area contributed by atoms with Gasteiger partial charge in [-0.05, 0) is 83.5 Å². The number of ether oxygens (including phenoxy) is 3. The summed E-state index contributed by atoms with van der Waals surface area (Å²) in [7, 11) is 0. The molecule has 0 bridgehead atoms. The van der Waals surface area contributed by atoms with Gasteiger partial charge in [-0.2, -0.15) is 0 Å². The van der Waals surface area contributed by atoms with Crippen molar-refractivity contribution in [3.8, 4) is 0 Å². The molecule has 0 aromatic rings. The Morgan fingerprint density at radius 1 is 0.313 bits per heavy atom. The Labute approximate surface area is 415 Å². The molecule has 0 heterocycles. The van der Waals surface area contributed by atoms with Crippen molar-refractivity contribution in [2.45, 2.75) is 297 Å². The van der Waals surface area contributed by atoms with Gasteiger partial charge < -0.3 is 14.2 Å². The Bertz CT molecular complexity index is 1210. The summed E-state index contributed by atoms with van der Waals surface area (Å²) < 4.78 is 16.7. The van der Waals surface area contributed by atoms with Crippen molar-refractivity contribution in [2.75, 3.05) is 13.2 Å². The van der Waals surface area contributed by atoms with Gasteiger partial charge in [0.25, 0.3) is 0 Å². The number of rotatable bonds is 52. The Hall–Kier alpha value is -2.89. The molecule has 6 nitrogen and oxygen atoms in total. The molecule has 6 heteroatoms. The predicted molar refractivity (Wildman–Crippen MR) is 288 cm³/mol. The molecule has 0 aliphatic heterocycles. The van der Waals surface area contributed by atoms with E-state index in [1.54, 1.807) is 0 Å². The van der Waals surface area contributed by atoms with Gasteiger partial charge in [0, 0.05) is 19.3 Å². The highest BCUT2D eigenvalue weighted by molar-refractivity contribution is 5.71. The van der Waals surface area contributed by atoms with E-state index in [0.717, 1.165) is 103 Å². The lowest BCUT2D eigenvalue weighted by atomic mass is 10.0. The summed E-state index contributed by atoms with van der Waals surface area (Å²) in [6, 6.07) is 0. The van der Waals surface area contributed by atoms with Crippen molar-refractivity contribution in [3.63, 3.8) is 0 Å². The number of carbonyl (C=O) groups excluding carboxylic acids is 3. The summed E-state index contributed by atoms with van der Waals surface area (Å²) in [5.41, 5.74) is 0. The molecule has 0 radical (unpaired) electrons. The minimum absolute atomic E-state index is 0.0790. The van der Waals surface area contributed by atoms with E-state index < -0.39 is 6.10 Å². The fourth-order valence-electron chi connectivity index (χ4n) is 8.19. The highest BCUT2D eigenvalue weighted by Crippen LogP contribution is 2.16. The Morgan fingerprint density at radius 3 is 0.925 bits per heavy atom. The number of carbonyl (C=O) groups is 3. The molecule has 0 fully saturated rings. The van der Waals surface area contributed by atoms with Crippen molar-refractivity contribution in [1.29, 1.82) is 0 Å². The van der Waals surface area contributed by atoms with Crippen LogP contribution in [-0.2, 0) is 28.6 Å². The third-order valence-electron chi connectivity index (χ3n) is 12.5. The molecule has 0 spiro atoms. The van der Waals surface area contributed by atoms with Gasteiger partial charge in [0.2, 0.25) is 0 Å². The average Bonchev–Trinajstić information content (AvgIpc) is 3.33. The van der Waals surface area contributed by atoms with Gasteiger partial charge in [0.05, 0.1) is 0 Å². The third kappa shape index (κ3) is 53.9. The van der Waals surface area contributed by atoms with Gasteiger partial charge in [-0.3, -0.25) is 14.4 Å². The Balaban J connectivity index is 4.07. The topological polar surface area (TPSA) is 78.9 Å². The third-order valence-corrected chi connectivity index (χ3v) is 12.5. The van der Waals surface area contributed by atoms with E-state index in [1.807, 2.05) is 0 Å². The summed E-state index contributed by atoms with van der Waals surface area (Å²) in [4.78, 5) is 37.8. The number of hydrogen-bond donors (Lipinski definition) is 0. The van der Waals surface area contributed by atoms with Crippen molar-refractivity contribution in [2.24, 2.45) is 0 Å². The number of allylic oxidation sites excluding steroid dienone is 10. The molecular formula is C61H108O6. The SMILES string of the molecule is CC/C=C\C/C=C\C/C=C\C/C=C\CCCCCCCCC(=O)OC(COC(=O)CCCCCCC)COC(=O)CCCCCCCCCCCCCCC/C=C\CCCCCCCCCC. The van der Waals surface area contributed by atoms with Crippen LogP contribution in [0.1, 0.15) is 290 Å². The molecule has 0 amide bonds. The molecule has 0 saturated carbocycles. The van der Waals surface area contributed by atoms with E-state index in [0.29, 0.717) is 19.3 Å². The molecular weight excluding hydrogens is 829 g/mol. The lowest BCUT2D eigenvalue weighted by molar-refractivity contribution is -0.167. The number of esters is 3. The van der Waals surface area contributed by atoms with Crippen LogP contribution < -0.4 is 0 Å². The molecule has 0 aromatic heterocycles. The van der Waals surface area contributed by atoms with E-state index in [2.05, 4.69) is 81.5 Å². The van der Waals surface area contributed by atoms with Crippen LogP contribution in [0.25, 0.3) is 0 Å². The maximum Gasteiger partial charge on any atom is 0.306 e. The summed E-state index contributed by atoms with van der Waals surface area (Å²) in [5.74, 6) is -0.899. The number of hydrogen-bond acceptors (Lipinski definition) is 6. The van der Waals surface area contributed by atoms with Crippen LogP contribution >= 0.6 is 0 Å². The van der Waals surface area contributed by atoms with E-state index in [4.69, 9.17) is 14.2 Å². The largest absolute Gasteiger partial charge is 0.462 e. The van der Waals surface area contributed by atoms with Crippen molar-refractivity contribution >= 4 is 17.9 Å². The molecule has 388 valence electrons. The van der Waals surface area contributed by atoms with Gasteiger partial charge in [0.1, 0.15) is 13.2 Å². The first-order chi connectivity index (χ1) is 33.0. The molecule has 0 rings (SSSR count). The summed E-state index contributed by atoms with van der Waals surface area (Å²) in [6.07, 6.45) is 69.8. The molecule has 0 saturated heterocycles. The number of unbranched alkanes of at least 4 members (excludes halogenated alkanes) is 31. The molecule has 1 unspecified atom stereocenters. The van der Waals surface area contributed by atoms with Crippen molar-refractivity contribution in [1.82, 2.24) is 0 Å². The monoisotopic (exact) mass is 937 g/mol. The maximum absolute atomic E-state index is 12.8. The van der Waals surface area contributed by atoms with E-state index in [-0.39, 0.29) is 31.1 Å². The minimum atomic E-state index is -0.777. The zero-order chi connectivity index (χ0) is 48.6. The Kier molecular flexibility index (Phi) is 53.3. The van der Waals surface area contributed by atoms with Crippen LogP contribution in [0, 0.1) is 0 Å². The molecule has 0 aliphatic carbocycles. The molecule has 67 heavy (non-hydrogen) atoms. The summed E-state index contributed by atoms with van der Waals surface area (Å²) in [6.45, 7) is 6.45. The zero-order valence-corrected chi connectivity index (χ0v) is 44.4. The van der Waals surface area contributed by atoms with Gasteiger partial charge >= 0.3 is 17.9 Å². The first-order valence-corrected chi connectivity index (χ1v) is 28.8. The van der Waals surface area contributed by atoms with Crippen LogP contribution in [-0.4, -0.2) is 37.2 Å². The molecule has 0 aliphatic rings. The molecule has 0 N–H and O–H groups in total. The lowest BCUT2D eigenvalue weighted by Gasteiger charge is -2.18. The van der Waals surface area contributed by atoms with Gasteiger partial charge in [0.15, 0.2) is 6.10 Å². The summed E-state index contributed by atoms with van der Waals surface area (Å²) >= 11 is 0. The van der Waals surface area contributed by atoms with Crippen LogP contribution in [0.15, 0.2) is 60.8 Å². The van der Waals surface area contributed by atoms with E-state index >= 15 is 0 Å². The van der Waals surface area contributed by atoms with Crippen molar-refractivity contribution in [3.05, 3.63) is 60.8 Å². The zero-order valence-electron chi connectivity index (χ0n) is 44.4. The van der Waals surface area contributed by atoms with Crippen molar-refractivity contribution < 1.29 is 28.6 Å². The first kappa shape index (κ1) is 64.1. The lowest BCUT2D eigenvalue weighted by Crippen LogP contribution is -2.30. The second kappa shape index (κ2) is 55.7. The van der Waals surface area contributed by atoms with E-state index in [1.165, 1.54) is 148 Å². The molecule has 1 atom stereocenters. The highest BCUT2D eigenvalue weighted by Gasteiger charge is 2.19. The van der Waals surface area contributed by atoms with Gasteiger partial charge in [-0.25, -0.2) is 0 Å². The average molecular weight is 938 g/mol. The van der Waals surface area contributed by atoms with Crippen LogP contribution in [0.4, 0.5) is 0 Å². The van der Waals surface area contributed by atoms with Crippen LogP contribution in [0.5, 0.6) is 0 Å². The smallest absolute Gasteiger partial charge is 0.306 e. The molecule has 0 aromatic carbocycles. The van der Waals surface area contributed by atoms with Gasteiger partial charge in [-0.1, -0.05) is 248 Å². The van der Waals surface area contributed by atoms with E-state index in [9.17, 15) is 14.4 Å². The quantitative estimate of drug-likeness (QED) is 0.0262. The second-order valence-corrected chi connectivity index (χ2v) is 19.2. The minimum Gasteiger partial charge on any atom is -0.462 e. The van der Waals surface area contributed by atoms with Gasteiger partial charge in [-0.15, -0.1) is 0 Å². The van der Waals surface area contributed by atoms with Crippen LogP contribution in [0.3, 0.4) is 0 Å². The highest BCUT2D eigenvalue weighted by atomic mass is 16.6. The Morgan fingerprint density at radius 2 is 0.582 bits per heavy atom. The summed E-state index contributed by atoms with van der Waals surface area (Å²) in [5, 5.41) is 0. The standard InChI is InChI=1S/C61H108O6/c1-4-7-10-13-15-17-19-21-23-25-27-28-29-30-31-32-34-35-37-39-41-43-45-48-51-54-60(63)66-57-58(56-65-59(62)53-50-47-12-9-6-3)67-61(64)55-52-49-46-44-42-40-38-36-33-26-24-22-20-18-16-14-11-8-5-2/h8,11,16,18,22,24-25,27,33,36,58H,4-7,9-10,12-15,17,19-21,23,26,28-32,34-35,37-57H2,1-3H3/b11-8-,18-16-,24-22-,27-25-,36-33-. The first-order valence-electron chi connectivity index (χ1n) is 28.8. The normalized spacial score (nSPS) is 12.5. The van der Waals surface area contributed by atoms with Crippen LogP contribution in [0.2, 0.25) is 0 Å². The second-order valence-electron chi connectivity index (χ2n) is 19.2. The predicted octanol–water partition coefficient (Wildman–Crippen LogP) is 19.2. The fraction of sp³-hybridized carbons (Fsp3) is 0.787. The fourth-order valence-corrected chi connectivity index (χ4v) is 8.19. The maximum atomic E-state index is 12.8.